The summed E-state index contributed by atoms with van der Waals surface area (Å²) in [7, 11) is 0. The highest BCUT2D eigenvalue weighted by Gasteiger charge is 2.07. The summed E-state index contributed by atoms with van der Waals surface area (Å²) in [5.74, 6) is -0.120. The fourth-order valence-corrected chi connectivity index (χ4v) is 2.95. The van der Waals surface area contributed by atoms with Gasteiger partial charge in [-0.15, -0.1) is 0 Å². The SMILES string of the molecule is Cc1cccc(CNC(=O)c2cc(Br)cc(Br)c2)n1. The maximum atomic E-state index is 12.0. The van der Waals surface area contributed by atoms with Crippen molar-refractivity contribution in [3.8, 4) is 0 Å². The topological polar surface area (TPSA) is 42.0 Å². The summed E-state index contributed by atoms with van der Waals surface area (Å²) in [5, 5.41) is 2.85. The van der Waals surface area contributed by atoms with E-state index in [9.17, 15) is 4.79 Å². The summed E-state index contributed by atoms with van der Waals surface area (Å²) in [6.45, 7) is 2.35. The van der Waals surface area contributed by atoms with Crippen LogP contribution in [0.15, 0.2) is 45.3 Å². The number of hydrogen-bond donors (Lipinski definition) is 1. The molecule has 0 radical (unpaired) electrons. The number of nitrogens with zero attached hydrogens (tertiary/aromatic N) is 1. The predicted molar refractivity (Wildman–Crippen MR) is 82.0 cm³/mol. The van der Waals surface area contributed by atoms with Gasteiger partial charge in [-0.05, 0) is 37.3 Å². The summed E-state index contributed by atoms with van der Waals surface area (Å²) in [6.07, 6.45) is 0. The summed E-state index contributed by atoms with van der Waals surface area (Å²) in [4.78, 5) is 16.4. The highest BCUT2D eigenvalue weighted by molar-refractivity contribution is 9.11. The van der Waals surface area contributed by atoms with Crippen LogP contribution in [0, 0.1) is 6.92 Å². The molecule has 0 unspecified atom stereocenters. The molecule has 0 bridgehead atoms. The van der Waals surface area contributed by atoms with Gasteiger partial charge in [-0.2, -0.15) is 0 Å². The largest absolute Gasteiger partial charge is 0.346 e. The lowest BCUT2D eigenvalue weighted by atomic mass is 10.2. The van der Waals surface area contributed by atoms with Crippen molar-refractivity contribution in [1.29, 1.82) is 0 Å². The Bertz CT molecular complexity index is 594. The predicted octanol–water partition coefficient (Wildman–Crippen LogP) is 3.85. The Morgan fingerprint density at radius 1 is 1.21 bits per heavy atom. The summed E-state index contributed by atoms with van der Waals surface area (Å²) in [6, 6.07) is 11.2. The average Bonchev–Trinajstić information content (AvgIpc) is 2.35. The van der Waals surface area contributed by atoms with E-state index in [-0.39, 0.29) is 5.91 Å². The third kappa shape index (κ3) is 4.14. The van der Waals surface area contributed by atoms with E-state index in [2.05, 4.69) is 42.2 Å². The molecule has 0 aliphatic carbocycles. The molecule has 1 aromatic carbocycles. The van der Waals surface area contributed by atoms with Gasteiger partial charge >= 0.3 is 0 Å². The molecule has 98 valence electrons. The number of amides is 1. The Morgan fingerprint density at radius 2 is 1.89 bits per heavy atom. The first kappa shape index (κ1) is 14.2. The molecule has 1 amide bonds. The molecule has 3 nitrogen and oxygen atoms in total. The summed E-state index contributed by atoms with van der Waals surface area (Å²) in [5.41, 5.74) is 2.40. The van der Waals surface area contributed by atoms with Crippen LogP contribution in [0.1, 0.15) is 21.7 Å². The van der Waals surface area contributed by atoms with Gasteiger partial charge in [0.25, 0.3) is 5.91 Å². The van der Waals surface area contributed by atoms with Crippen LogP contribution in [-0.4, -0.2) is 10.9 Å². The Labute approximate surface area is 128 Å². The number of nitrogens with one attached hydrogen (secondary N) is 1. The lowest BCUT2D eigenvalue weighted by molar-refractivity contribution is 0.0950. The lowest BCUT2D eigenvalue weighted by Crippen LogP contribution is -2.23. The van der Waals surface area contributed by atoms with Crippen molar-refractivity contribution in [2.45, 2.75) is 13.5 Å². The van der Waals surface area contributed by atoms with Crippen molar-refractivity contribution in [2.24, 2.45) is 0 Å². The number of rotatable bonds is 3. The Balaban J connectivity index is 2.05. The van der Waals surface area contributed by atoms with Crippen LogP contribution in [0.4, 0.5) is 0 Å². The minimum atomic E-state index is -0.120. The van der Waals surface area contributed by atoms with Crippen molar-refractivity contribution in [3.63, 3.8) is 0 Å². The smallest absolute Gasteiger partial charge is 0.251 e. The third-order valence-corrected chi connectivity index (χ3v) is 3.42. The second-order valence-corrected chi connectivity index (χ2v) is 5.94. The van der Waals surface area contributed by atoms with Crippen LogP contribution in [-0.2, 0) is 6.54 Å². The van der Waals surface area contributed by atoms with Crippen LogP contribution in [0.2, 0.25) is 0 Å². The molecule has 0 aliphatic rings. The van der Waals surface area contributed by atoms with Crippen molar-refractivity contribution in [2.75, 3.05) is 0 Å². The first-order valence-electron chi connectivity index (χ1n) is 5.71. The quantitative estimate of drug-likeness (QED) is 0.874. The van der Waals surface area contributed by atoms with Gasteiger partial charge in [0.05, 0.1) is 12.2 Å². The van der Waals surface area contributed by atoms with Gasteiger partial charge in [0.15, 0.2) is 0 Å². The normalized spacial score (nSPS) is 10.3. The summed E-state index contributed by atoms with van der Waals surface area (Å²) < 4.78 is 1.72. The van der Waals surface area contributed by atoms with Gasteiger partial charge in [-0.3, -0.25) is 9.78 Å². The van der Waals surface area contributed by atoms with Gasteiger partial charge in [-0.25, -0.2) is 0 Å². The molecule has 0 fully saturated rings. The first-order valence-corrected chi connectivity index (χ1v) is 7.30. The van der Waals surface area contributed by atoms with Crippen LogP contribution < -0.4 is 5.32 Å². The van der Waals surface area contributed by atoms with Crippen molar-refractivity contribution < 1.29 is 4.79 Å². The Morgan fingerprint density at radius 3 is 2.53 bits per heavy atom. The van der Waals surface area contributed by atoms with Gasteiger partial charge in [0, 0.05) is 20.2 Å². The van der Waals surface area contributed by atoms with Crippen LogP contribution >= 0.6 is 31.9 Å². The minimum Gasteiger partial charge on any atom is -0.346 e. The van der Waals surface area contributed by atoms with Gasteiger partial charge < -0.3 is 5.32 Å². The van der Waals surface area contributed by atoms with Crippen LogP contribution in [0.3, 0.4) is 0 Å². The fraction of sp³-hybridized carbons (Fsp3) is 0.143. The zero-order chi connectivity index (χ0) is 13.8. The molecule has 0 aliphatic heterocycles. The number of pyridine rings is 1. The number of aromatic nitrogens is 1. The van der Waals surface area contributed by atoms with Gasteiger partial charge in [0.2, 0.25) is 0 Å². The van der Waals surface area contributed by atoms with E-state index >= 15 is 0 Å². The molecular weight excluding hydrogens is 372 g/mol. The molecule has 0 saturated carbocycles. The third-order valence-electron chi connectivity index (χ3n) is 2.50. The molecule has 2 aromatic rings. The fourth-order valence-electron chi connectivity index (χ4n) is 1.66. The standard InChI is InChI=1S/C14H12Br2N2O/c1-9-3-2-4-13(18-9)8-17-14(19)10-5-11(15)7-12(16)6-10/h2-7H,8H2,1H3,(H,17,19). The van der Waals surface area contributed by atoms with E-state index in [1.165, 1.54) is 0 Å². The second-order valence-electron chi connectivity index (χ2n) is 4.11. The Kier molecular flexibility index (Phi) is 4.71. The molecule has 19 heavy (non-hydrogen) atoms. The van der Waals surface area contributed by atoms with E-state index in [0.29, 0.717) is 12.1 Å². The van der Waals surface area contributed by atoms with E-state index in [0.717, 1.165) is 20.3 Å². The molecule has 0 saturated heterocycles. The van der Waals surface area contributed by atoms with Crippen molar-refractivity contribution >= 4 is 37.8 Å². The number of halogens is 2. The van der Waals surface area contributed by atoms with Crippen molar-refractivity contribution in [1.82, 2.24) is 10.3 Å². The molecule has 2 rings (SSSR count). The first-order chi connectivity index (χ1) is 9.04. The van der Waals surface area contributed by atoms with Crippen LogP contribution in [0.5, 0.6) is 0 Å². The van der Waals surface area contributed by atoms with E-state index in [1.54, 1.807) is 12.1 Å². The second kappa shape index (κ2) is 6.30. The number of hydrogen-bond acceptors (Lipinski definition) is 2. The highest BCUT2D eigenvalue weighted by Crippen LogP contribution is 2.20. The van der Waals surface area contributed by atoms with E-state index in [4.69, 9.17) is 0 Å². The maximum Gasteiger partial charge on any atom is 0.251 e. The van der Waals surface area contributed by atoms with Gasteiger partial charge in [0.1, 0.15) is 0 Å². The summed E-state index contributed by atoms with van der Waals surface area (Å²) >= 11 is 6.73. The zero-order valence-electron chi connectivity index (χ0n) is 10.3. The molecule has 1 N–H and O–H groups in total. The number of aryl methyl sites for hydroxylation is 1. The highest BCUT2D eigenvalue weighted by atomic mass is 79.9. The molecule has 1 heterocycles. The maximum absolute atomic E-state index is 12.0. The van der Waals surface area contributed by atoms with E-state index in [1.807, 2.05) is 31.2 Å². The Hall–Kier alpha value is -1.20. The lowest BCUT2D eigenvalue weighted by Gasteiger charge is -2.06. The molecule has 0 spiro atoms. The van der Waals surface area contributed by atoms with E-state index < -0.39 is 0 Å². The zero-order valence-corrected chi connectivity index (χ0v) is 13.5. The minimum absolute atomic E-state index is 0.120. The molecule has 0 atom stereocenters. The molecular formula is C14H12Br2N2O. The molecule has 5 heteroatoms. The van der Waals surface area contributed by atoms with Crippen molar-refractivity contribution in [3.05, 3.63) is 62.3 Å². The van der Waals surface area contributed by atoms with Crippen LogP contribution in [0.25, 0.3) is 0 Å². The number of carbonyl (C=O) groups is 1. The van der Waals surface area contributed by atoms with Gasteiger partial charge in [-0.1, -0.05) is 37.9 Å². The molecule has 1 aromatic heterocycles. The monoisotopic (exact) mass is 382 g/mol. The number of benzene rings is 1. The average molecular weight is 384 g/mol. The number of carbonyl (C=O) groups excluding carboxylic acids is 1.